The van der Waals surface area contributed by atoms with Crippen molar-refractivity contribution in [1.29, 1.82) is 0 Å². The van der Waals surface area contributed by atoms with Crippen molar-refractivity contribution in [1.82, 2.24) is 9.21 Å². The van der Waals surface area contributed by atoms with E-state index in [9.17, 15) is 8.42 Å². The van der Waals surface area contributed by atoms with Gasteiger partial charge >= 0.3 is 0 Å². The summed E-state index contributed by atoms with van der Waals surface area (Å²) in [4.78, 5) is 2.37. The summed E-state index contributed by atoms with van der Waals surface area (Å²) in [6.07, 6.45) is 3.93. The molecule has 4 nitrogen and oxygen atoms in total. The fourth-order valence-corrected chi connectivity index (χ4v) is 2.04. The van der Waals surface area contributed by atoms with Crippen molar-refractivity contribution in [3.8, 4) is 0 Å². The van der Waals surface area contributed by atoms with Gasteiger partial charge in [-0.1, -0.05) is 0 Å². The molecule has 0 radical (unpaired) electrons. The highest BCUT2D eigenvalue weighted by Gasteiger charge is 2.25. The van der Waals surface area contributed by atoms with Gasteiger partial charge in [-0.2, -0.15) is 0 Å². The van der Waals surface area contributed by atoms with Gasteiger partial charge in [0.15, 0.2) is 0 Å². The van der Waals surface area contributed by atoms with Crippen LogP contribution in [-0.4, -0.2) is 56.6 Å². The van der Waals surface area contributed by atoms with Gasteiger partial charge in [0, 0.05) is 32.7 Å². The molecule has 0 aromatic rings. The first-order chi connectivity index (χ1) is 7.30. The van der Waals surface area contributed by atoms with Crippen molar-refractivity contribution in [2.45, 2.75) is 32.7 Å². The Morgan fingerprint density at radius 2 is 1.81 bits per heavy atom. The van der Waals surface area contributed by atoms with Crippen LogP contribution in [0.2, 0.25) is 0 Å². The molecule has 0 N–H and O–H groups in total. The van der Waals surface area contributed by atoms with Crippen molar-refractivity contribution in [2.75, 3.05) is 32.9 Å². The van der Waals surface area contributed by atoms with E-state index in [1.54, 1.807) is 7.05 Å². The summed E-state index contributed by atoms with van der Waals surface area (Å²) < 4.78 is 23.9. The van der Waals surface area contributed by atoms with Crippen molar-refractivity contribution in [2.24, 2.45) is 5.92 Å². The summed E-state index contributed by atoms with van der Waals surface area (Å²) in [5.41, 5.74) is 0. The highest BCUT2D eigenvalue weighted by molar-refractivity contribution is 7.88. The lowest BCUT2D eigenvalue weighted by molar-refractivity contribution is 0.202. The smallest absolute Gasteiger partial charge is 0.210 e. The second-order valence-electron chi connectivity index (χ2n) is 5.12. The maximum Gasteiger partial charge on any atom is 0.210 e. The van der Waals surface area contributed by atoms with Crippen molar-refractivity contribution >= 4 is 10.0 Å². The van der Waals surface area contributed by atoms with Gasteiger partial charge in [0.05, 0.1) is 6.26 Å². The number of sulfonamides is 1. The van der Waals surface area contributed by atoms with E-state index in [1.165, 1.54) is 23.4 Å². The Morgan fingerprint density at radius 1 is 1.25 bits per heavy atom. The topological polar surface area (TPSA) is 40.6 Å². The van der Waals surface area contributed by atoms with Gasteiger partial charge in [0.25, 0.3) is 0 Å². The second-order valence-corrected chi connectivity index (χ2v) is 7.21. The van der Waals surface area contributed by atoms with E-state index in [0.29, 0.717) is 12.6 Å². The molecule has 96 valence electrons. The largest absolute Gasteiger partial charge is 0.299 e. The molecule has 0 unspecified atom stereocenters. The van der Waals surface area contributed by atoms with E-state index in [-0.39, 0.29) is 0 Å². The summed E-state index contributed by atoms with van der Waals surface area (Å²) >= 11 is 0. The molecule has 1 aliphatic rings. The normalized spacial score (nSPS) is 17.7. The molecule has 0 spiro atoms. The molecule has 5 heteroatoms. The lowest BCUT2D eigenvalue weighted by Gasteiger charge is -2.28. The van der Waals surface area contributed by atoms with Crippen LogP contribution >= 0.6 is 0 Å². The molecular weight excluding hydrogens is 224 g/mol. The quantitative estimate of drug-likeness (QED) is 0.675. The Bertz CT molecular complexity index is 310. The minimum absolute atomic E-state index is 0.494. The molecule has 0 aromatic heterocycles. The minimum Gasteiger partial charge on any atom is -0.299 e. The van der Waals surface area contributed by atoms with Gasteiger partial charge in [-0.15, -0.1) is 0 Å². The van der Waals surface area contributed by atoms with Crippen LogP contribution in [0.4, 0.5) is 0 Å². The van der Waals surface area contributed by atoms with Crippen molar-refractivity contribution in [3.05, 3.63) is 0 Å². The fourth-order valence-electron chi connectivity index (χ4n) is 1.63. The van der Waals surface area contributed by atoms with Crippen LogP contribution in [-0.2, 0) is 10.0 Å². The van der Waals surface area contributed by atoms with Crippen LogP contribution < -0.4 is 0 Å². The van der Waals surface area contributed by atoms with E-state index in [0.717, 1.165) is 19.0 Å². The summed E-state index contributed by atoms with van der Waals surface area (Å²) in [5.74, 6) is 0.853. The van der Waals surface area contributed by atoms with Crippen LogP contribution in [0.3, 0.4) is 0 Å². The molecule has 1 saturated carbocycles. The highest BCUT2D eigenvalue weighted by atomic mass is 32.2. The first kappa shape index (κ1) is 13.9. The number of hydrogen-bond acceptors (Lipinski definition) is 3. The third kappa shape index (κ3) is 4.80. The van der Waals surface area contributed by atoms with E-state index in [2.05, 4.69) is 18.7 Å². The zero-order valence-electron chi connectivity index (χ0n) is 10.8. The van der Waals surface area contributed by atoms with Crippen LogP contribution in [0, 0.1) is 5.92 Å². The summed E-state index contributed by atoms with van der Waals surface area (Å²) in [6.45, 7) is 6.88. The molecule has 1 fully saturated rings. The molecule has 0 bridgehead atoms. The van der Waals surface area contributed by atoms with Crippen molar-refractivity contribution in [3.63, 3.8) is 0 Å². The van der Waals surface area contributed by atoms with E-state index in [1.807, 2.05) is 0 Å². The molecule has 16 heavy (non-hydrogen) atoms. The third-order valence-corrected chi connectivity index (χ3v) is 4.50. The number of likely N-dealkylation sites (N-methyl/N-ethyl adjacent to an activating group) is 1. The maximum absolute atomic E-state index is 11.3. The Labute approximate surface area is 99.7 Å². The number of hydrogen-bond donors (Lipinski definition) is 0. The molecule has 0 heterocycles. The van der Waals surface area contributed by atoms with Gasteiger partial charge in [0.1, 0.15) is 0 Å². The zero-order valence-corrected chi connectivity index (χ0v) is 11.6. The van der Waals surface area contributed by atoms with Crippen LogP contribution in [0.1, 0.15) is 26.7 Å². The lowest BCUT2D eigenvalue weighted by atomic mass is 10.2. The first-order valence-electron chi connectivity index (χ1n) is 5.96. The monoisotopic (exact) mass is 248 g/mol. The second kappa shape index (κ2) is 5.47. The van der Waals surface area contributed by atoms with Crippen molar-refractivity contribution < 1.29 is 8.42 Å². The van der Waals surface area contributed by atoms with Crippen LogP contribution in [0.5, 0.6) is 0 Å². The van der Waals surface area contributed by atoms with E-state index in [4.69, 9.17) is 0 Å². The fraction of sp³-hybridized carbons (Fsp3) is 1.00. The van der Waals surface area contributed by atoms with Gasteiger partial charge in [-0.25, -0.2) is 12.7 Å². The average molecular weight is 248 g/mol. The standard InChI is InChI=1S/C11H24N2O2S/c1-10(2)13(9-11-5-6-11)8-7-12(3)16(4,14)15/h10-11H,5-9H2,1-4H3. The Morgan fingerprint density at radius 3 is 2.19 bits per heavy atom. The lowest BCUT2D eigenvalue weighted by Crippen LogP contribution is -2.40. The summed E-state index contributed by atoms with van der Waals surface area (Å²) in [7, 11) is -1.39. The van der Waals surface area contributed by atoms with Gasteiger partial charge in [-0.3, -0.25) is 4.90 Å². The Kier molecular flexibility index (Phi) is 4.76. The summed E-state index contributed by atoms with van der Waals surface area (Å²) in [5, 5.41) is 0. The SMILES string of the molecule is CC(C)N(CCN(C)S(C)(=O)=O)CC1CC1. The van der Waals surface area contributed by atoms with Crippen LogP contribution in [0.15, 0.2) is 0 Å². The van der Waals surface area contributed by atoms with Gasteiger partial charge < -0.3 is 0 Å². The van der Waals surface area contributed by atoms with Gasteiger partial charge in [0.2, 0.25) is 10.0 Å². The molecule has 0 saturated heterocycles. The Hall–Kier alpha value is -0.130. The van der Waals surface area contributed by atoms with E-state index >= 15 is 0 Å². The minimum atomic E-state index is -3.03. The zero-order chi connectivity index (χ0) is 12.3. The summed E-state index contributed by atoms with van der Waals surface area (Å²) in [6, 6.07) is 0.494. The predicted octanol–water partition coefficient (Wildman–Crippen LogP) is 0.998. The molecule has 1 aliphatic carbocycles. The Balaban J connectivity index is 2.37. The van der Waals surface area contributed by atoms with Crippen LogP contribution in [0.25, 0.3) is 0 Å². The predicted molar refractivity (Wildman–Crippen MR) is 66.9 cm³/mol. The highest BCUT2D eigenvalue weighted by Crippen LogP contribution is 2.30. The molecule has 0 aromatic carbocycles. The average Bonchev–Trinajstić information content (AvgIpc) is 2.92. The first-order valence-corrected chi connectivity index (χ1v) is 7.81. The molecular formula is C11H24N2O2S. The molecule has 1 rings (SSSR count). The number of rotatable bonds is 7. The molecule has 0 aliphatic heterocycles. The number of nitrogens with zero attached hydrogens (tertiary/aromatic N) is 2. The van der Waals surface area contributed by atoms with Gasteiger partial charge in [-0.05, 0) is 32.6 Å². The third-order valence-electron chi connectivity index (χ3n) is 3.19. The van der Waals surface area contributed by atoms with E-state index < -0.39 is 10.0 Å². The maximum atomic E-state index is 11.3. The molecule has 0 atom stereocenters. The molecule has 0 amide bonds.